The second-order valence-corrected chi connectivity index (χ2v) is 7.97. The highest BCUT2D eigenvalue weighted by Crippen LogP contribution is 2.37. The van der Waals surface area contributed by atoms with E-state index in [4.69, 9.17) is 5.26 Å². The van der Waals surface area contributed by atoms with Crippen LogP contribution in [0.1, 0.15) is 39.9 Å². The highest BCUT2D eigenvalue weighted by atomic mass is 16.2. The second kappa shape index (κ2) is 9.49. The van der Waals surface area contributed by atoms with Gasteiger partial charge in [0.05, 0.1) is 23.0 Å². The number of nitriles is 1. The molecule has 0 N–H and O–H groups in total. The first-order chi connectivity index (χ1) is 15.6. The lowest BCUT2D eigenvalue weighted by Crippen LogP contribution is -2.38. The van der Waals surface area contributed by atoms with E-state index < -0.39 is 0 Å². The molecule has 3 aromatic carbocycles. The summed E-state index contributed by atoms with van der Waals surface area (Å²) in [7, 11) is 1.76. The number of anilines is 2. The van der Waals surface area contributed by atoms with Crippen LogP contribution in [0, 0.1) is 11.3 Å². The predicted molar refractivity (Wildman–Crippen MR) is 126 cm³/mol. The Bertz CT molecular complexity index is 1160. The number of carbonyl (C=O) groups is 2. The largest absolute Gasteiger partial charge is 0.310 e. The smallest absolute Gasteiger partial charge is 0.258 e. The van der Waals surface area contributed by atoms with E-state index in [-0.39, 0.29) is 11.8 Å². The summed E-state index contributed by atoms with van der Waals surface area (Å²) >= 11 is 0. The zero-order valence-electron chi connectivity index (χ0n) is 18.1. The minimum Gasteiger partial charge on any atom is -0.310 e. The van der Waals surface area contributed by atoms with Crippen molar-refractivity contribution in [3.63, 3.8) is 0 Å². The van der Waals surface area contributed by atoms with Gasteiger partial charge in [-0.3, -0.25) is 9.59 Å². The van der Waals surface area contributed by atoms with Crippen LogP contribution in [-0.2, 0) is 17.6 Å². The van der Waals surface area contributed by atoms with Crippen LogP contribution in [0.2, 0.25) is 0 Å². The van der Waals surface area contributed by atoms with Gasteiger partial charge in [0, 0.05) is 25.6 Å². The quantitative estimate of drug-likeness (QED) is 0.595. The molecule has 0 fully saturated rings. The Morgan fingerprint density at radius 2 is 1.75 bits per heavy atom. The molecular weight excluding hydrogens is 398 g/mol. The summed E-state index contributed by atoms with van der Waals surface area (Å²) in [6, 6.07) is 24.5. The Labute approximate surface area is 188 Å². The SMILES string of the molecule is CN(C(=O)c1ccccc1)c1cccc2c1N(C(=O)CCc1ccc(C#N)cc1)CCC2. The number of hydrogen-bond donors (Lipinski definition) is 0. The average molecular weight is 424 g/mol. The van der Waals surface area contributed by atoms with Crippen molar-refractivity contribution in [2.75, 3.05) is 23.4 Å². The number of amides is 2. The molecule has 0 atom stereocenters. The summed E-state index contributed by atoms with van der Waals surface area (Å²) in [5, 5.41) is 8.95. The van der Waals surface area contributed by atoms with Crippen molar-refractivity contribution in [3.05, 3.63) is 95.1 Å². The number of rotatable bonds is 5. The molecule has 5 nitrogen and oxygen atoms in total. The Hall–Kier alpha value is -3.91. The van der Waals surface area contributed by atoms with Crippen LogP contribution in [-0.4, -0.2) is 25.4 Å². The zero-order chi connectivity index (χ0) is 22.5. The predicted octanol–water partition coefficient (Wildman–Crippen LogP) is 4.75. The molecule has 0 radical (unpaired) electrons. The number of nitrogens with zero attached hydrogens (tertiary/aromatic N) is 3. The van der Waals surface area contributed by atoms with E-state index in [1.807, 2.05) is 53.4 Å². The Kier molecular flexibility index (Phi) is 6.32. The first kappa shape index (κ1) is 21.3. The number of hydrogen-bond acceptors (Lipinski definition) is 3. The van der Waals surface area contributed by atoms with Crippen LogP contribution in [0.25, 0.3) is 0 Å². The normalized spacial score (nSPS) is 12.6. The van der Waals surface area contributed by atoms with Crippen molar-refractivity contribution < 1.29 is 9.59 Å². The molecule has 5 heteroatoms. The fourth-order valence-electron chi connectivity index (χ4n) is 4.17. The molecule has 0 spiro atoms. The molecule has 1 aliphatic heterocycles. The van der Waals surface area contributed by atoms with E-state index in [0.29, 0.717) is 30.5 Å². The molecular formula is C27H25N3O2. The van der Waals surface area contributed by atoms with Crippen LogP contribution >= 0.6 is 0 Å². The van der Waals surface area contributed by atoms with Gasteiger partial charge < -0.3 is 9.80 Å². The van der Waals surface area contributed by atoms with Gasteiger partial charge in [0.1, 0.15) is 0 Å². The molecule has 4 rings (SSSR count). The summed E-state index contributed by atoms with van der Waals surface area (Å²) < 4.78 is 0. The number of para-hydroxylation sites is 1. The van der Waals surface area contributed by atoms with Crippen molar-refractivity contribution in [1.29, 1.82) is 5.26 Å². The van der Waals surface area contributed by atoms with Gasteiger partial charge in [-0.15, -0.1) is 0 Å². The molecule has 3 aromatic rings. The first-order valence-corrected chi connectivity index (χ1v) is 10.8. The van der Waals surface area contributed by atoms with Crippen molar-refractivity contribution >= 4 is 23.2 Å². The minimum atomic E-state index is -0.102. The number of carbonyl (C=O) groups excluding carboxylic acids is 2. The van der Waals surface area contributed by atoms with Gasteiger partial charge in [-0.2, -0.15) is 5.26 Å². The van der Waals surface area contributed by atoms with Gasteiger partial charge >= 0.3 is 0 Å². The van der Waals surface area contributed by atoms with Crippen LogP contribution in [0.4, 0.5) is 11.4 Å². The van der Waals surface area contributed by atoms with E-state index in [2.05, 4.69) is 6.07 Å². The van der Waals surface area contributed by atoms with E-state index in [0.717, 1.165) is 35.3 Å². The van der Waals surface area contributed by atoms with Crippen molar-refractivity contribution in [2.24, 2.45) is 0 Å². The van der Waals surface area contributed by atoms with E-state index >= 15 is 0 Å². The first-order valence-electron chi connectivity index (χ1n) is 10.8. The lowest BCUT2D eigenvalue weighted by Gasteiger charge is -2.34. The number of aryl methyl sites for hydroxylation is 2. The van der Waals surface area contributed by atoms with Crippen LogP contribution in [0.5, 0.6) is 0 Å². The highest BCUT2D eigenvalue weighted by Gasteiger charge is 2.28. The molecule has 2 amide bonds. The third kappa shape index (κ3) is 4.40. The topological polar surface area (TPSA) is 64.4 Å². The molecule has 0 saturated heterocycles. The second-order valence-electron chi connectivity index (χ2n) is 7.97. The van der Waals surface area contributed by atoms with E-state index in [1.165, 1.54) is 0 Å². The molecule has 0 bridgehead atoms. The van der Waals surface area contributed by atoms with Gasteiger partial charge in [-0.25, -0.2) is 0 Å². The van der Waals surface area contributed by atoms with Gasteiger partial charge in [0.25, 0.3) is 5.91 Å². The fourth-order valence-corrected chi connectivity index (χ4v) is 4.17. The summed E-state index contributed by atoms with van der Waals surface area (Å²) in [6.07, 6.45) is 2.76. The molecule has 0 saturated carbocycles. The number of fused-ring (bicyclic) bond motifs is 1. The van der Waals surface area contributed by atoms with Crippen LogP contribution < -0.4 is 9.80 Å². The molecule has 160 valence electrons. The maximum absolute atomic E-state index is 13.2. The van der Waals surface area contributed by atoms with Crippen molar-refractivity contribution in [3.8, 4) is 6.07 Å². The maximum Gasteiger partial charge on any atom is 0.258 e. The Balaban J connectivity index is 1.57. The molecule has 1 heterocycles. The molecule has 0 aromatic heterocycles. The highest BCUT2D eigenvalue weighted by molar-refractivity contribution is 6.09. The molecule has 1 aliphatic rings. The lowest BCUT2D eigenvalue weighted by molar-refractivity contribution is -0.118. The summed E-state index contributed by atoms with van der Waals surface area (Å²) in [5.41, 5.74) is 4.94. The molecule has 0 aliphatic carbocycles. The lowest BCUT2D eigenvalue weighted by atomic mass is 9.98. The third-order valence-corrected chi connectivity index (χ3v) is 5.89. The third-order valence-electron chi connectivity index (χ3n) is 5.89. The average Bonchev–Trinajstić information content (AvgIpc) is 2.86. The Morgan fingerprint density at radius 3 is 2.47 bits per heavy atom. The van der Waals surface area contributed by atoms with Crippen LogP contribution in [0.3, 0.4) is 0 Å². The maximum atomic E-state index is 13.2. The van der Waals surface area contributed by atoms with Gasteiger partial charge in [0.2, 0.25) is 5.91 Å². The van der Waals surface area contributed by atoms with E-state index in [9.17, 15) is 9.59 Å². The number of benzene rings is 3. The fraction of sp³-hybridized carbons (Fsp3) is 0.222. The minimum absolute atomic E-state index is 0.0447. The van der Waals surface area contributed by atoms with Gasteiger partial charge in [0.15, 0.2) is 0 Å². The summed E-state index contributed by atoms with van der Waals surface area (Å²) in [6.45, 7) is 0.642. The van der Waals surface area contributed by atoms with E-state index in [1.54, 1.807) is 36.2 Å². The van der Waals surface area contributed by atoms with Gasteiger partial charge in [-0.1, -0.05) is 42.5 Å². The molecule has 0 unspecified atom stereocenters. The zero-order valence-corrected chi connectivity index (χ0v) is 18.1. The standard InChI is InChI=1S/C27H25N3O2/c1-29(27(32)23-7-3-2-4-8-23)24-11-5-9-22-10-6-18-30(26(22)24)25(31)17-16-20-12-14-21(19-28)15-13-20/h2-5,7-9,11-15H,6,10,16-18H2,1H3. The summed E-state index contributed by atoms with van der Waals surface area (Å²) in [5.74, 6) is -0.0575. The van der Waals surface area contributed by atoms with Crippen molar-refractivity contribution in [1.82, 2.24) is 0 Å². The molecule has 32 heavy (non-hydrogen) atoms. The Morgan fingerprint density at radius 1 is 1.00 bits per heavy atom. The van der Waals surface area contributed by atoms with Crippen LogP contribution in [0.15, 0.2) is 72.8 Å². The van der Waals surface area contributed by atoms with Crippen molar-refractivity contribution in [2.45, 2.75) is 25.7 Å². The summed E-state index contributed by atoms with van der Waals surface area (Å²) in [4.78, 5) is 29.8. The monoisotopic (exact) mass is 423 g/mol. The van der Waals surface area contributed by atoms with Gasteiger partial charge in [-0.05, 0) is 60.7 Å².